The van der Waals surface area contributed by atoms with Crippen LogP contribution in [0.2, 0.25) is 0 Å². The predicted octanol–water partition coefficient (Wildman–Crippen LogP) is 0.199. The second-order valence-corrected chi connectivity index (χ2v) is 5.75. The fourth-order valence-electron chi connectivity index (χ4n) is 2.97. The second kappa shape index (κ2) is 7.38. The molecule has 3 N–H and O–H groups in total. The van der Waals surface area contributed by atoms with E-state index in [4.69, 9.17) is 5.11 Å². The maximum atomic E-state index is 12.4. The molecule has 0 unspecified atom stereocenters. The zero-order valence-corrected chi connectivity index (χ0v) is 12.4. The third-order valence-corrected chi connectivity index (χ3v) is 4.24. The molecule has 22 heavy (non-hydrogen) atoms. The molecule has 1 fully saturated rings. The Morgan fingerprint density at radius 2 is 2.00 bits per heavy atom. The van der Waals surface area contributed by atoms with Crippen molar-refractivity contribution in [1.82, 2.24) is 9.55 Å². The summed E-state index contributed by atoms with van der Waals surface area (Å²) in [4.78, 5) is 27.2. The summed E-state index contributed by atoms with van der Waals surface area (Å²) in [5.41, 5.74) is -0.729. The first kappa shape index (κ1) is 16.5. The van der Waals surface area contributed by atoms with Crippen LogP contribution >= 0.6 is 0 Å². The van der Waals surface area contributed by atoms with Crippen LogP contribution in [0.1, 0.15) is 55.7 Å². The van der Waals surface area contributed by atoms with Crippen LogP contribution in [0.5, 0.6) is 0 Å². The summed E-state index contributed by atoms with van der Waals surface area (Å²) in [6.45, 7) is -0.465. The number of aromatic amines is 1. The van der Waals surface area contributed by atoms with Gasteiger partial charge in [-0.1, -0.05) is 19.3 Å². The van der Waals surface area contributed by atoms with E-state index in [1.807, 2.05) is 6.07 Å². The number of nitrogens with one attached hydrogen (secondary N) is 1. The Balaban J connectivity index is 2.37. The first-order valence-corrected chi connectivity index (χ1v) is 7.64. The van der Waals surface area contributed by atoms with Crippen LogP contribution in [-0.4, -0.2) is 32.5 Å². The minimum absolute atomic E-state index is 0.00927. The zero-order valence-electron chi connectivity index (χ0n) is 12.4. The summed E-state index contributed by atoms with van der Waals surface area (Å²) in [5.74, 6) is 0.0569. The highest BCUT2D eigenvalue weighted by Gasteiger charge is 2.23. The molecule has 7 nitrogen and oxygen atoms in total. The van der Waals surface area contributed by atoms with E-state index < -0.39 is 24.0 Å². The molecule has 1 aromatic heterocycles. The van der Waals surface area contributed by atoms with Crippen molar-refractivity contribution in [3.05, 3.63) is 32.1 Å². The van der Waals surface area contributed by atoms with Crippen molar-refractivity contribution in [1.29, 1.82) is 5.26 Å². The lowest BCUT2D eigenvalue weighted by Gasteiger charge is -2.22. The smallest absolute Gasteiger partial charge is 0.328 e. The van der Waals surface area contributed by atoms with Crippen LogP contribution in [0, 0.1) is 11.3 Å². The van der Waals surface area contributed by atoms with Crippen molar-refractivity contribution in [3.63, 3.8) is 0 Å². The molecule has 0 bridgehead atoms. The van der Waals surface area contributed by atoms with Crippen molar-refractivity contribution in [2.45, 2.75) is 57.1 Å². The zero-order chi connectivity index (χ0) is 16.1. The van der Waals surface area contributed by atoms with Gasteiger partial charge in [0, 0.05) is 18.2 Å². The molecular formula is C15H21N3O4. The number of aliphatic hydroxyl groups is 2. The maximum absolute atomic E-state index is 12.4. The van der Waals surface area contributed by atoms with Crippen LogP contribution in [0.3, 0.4) is 0 Å². The van der Waals surface area contributed by atoms with Crippen molar-refractivity contribution < 1.29 is 10.2 Å². The number of aromatic nitrogens is 2. The van der Waals surface area contributed by atoms with E-state index >= 15 is 0 Å². The number of nitrogens with zero attached hydrogens (tertiary/aromatic N) is 2. The third kappa shape index (κ3) is 3.46. The fraction of sp³-hybridized carbons (Fsp3) is 0.667. The first-order chi connectivity index (χ1) is 10.6. The van der Waals surface area contributed by atoms with Gasteiger partial charge in [0.1, 0.15) is 11.6 Å². The van der Waals surface area contributed by atoms with Crippen LogP contribution < -0.4 is 11.2 Å². The monoisotopic (exact) mass is 307 g/mol. The Kier molecular flexibility index (Phi) is 5.52. The van der Waals surface area contributed by atoms with Crippen LogP contribution in [-0.2, 0) is 6.54 Å². The molecule has 0 spiro atoms. The SMILES string of the molecule is N#Cc1c(C2CCCCC2)[nH]c(=O)n(CC[C@H](O)CO)c1=O. The molecule has 1 saturated carbocycles. The van der Waals surface area contributed by atoms with E-state index in [-0.39, 0.29) is 24.4 Å². The molecule has 1 aliphatic carbocycles. The Bertz CT molecular complexity index is 665. The number of aliphatic hydroxyl groups excluding tert-OH is 2. The molecule has 0 radical (unpaired) electrons. The largest absolute Gasteiger partial charge is 0.394 e. The van der Waals surface area contributed by atoms with Gasteiger partial charge >= 0.3 is 5.69 Å². The maximum Gasteiger partial charge on any atom is 0.328 e. The summed E-state index contributed by atoms with van der Waals surface area (Å²) in [6, 6.07) is 1.92. The number of nitriles is 1. The predicted molar refractivity (Wildman–Crippen MR) is 79.6 cm³/mol. The molecule has 1 aromatic rings. The van der Waals surface area contributed by atoms with E-state index in [1.54, 1.807) is 0 Å². The van der Waals surface area contributed by atoms with E-state index in [2.05, 4.69) is 4.98 Å². The molecule has 0 amide bonds. The van der Waals surface area contributed by atoms with E-state index in [1.165, 1.54) is 0 Å². The quantitative estimate of drug-likeness (QED) is 0.718. The molecule has 1 heterocycles. The van der Waals surface area contributed by atoms with Crippen molar-refractivity contribution in [3.8, 4) is 6.07 Å². The summed E-state index contributed by atoms with van der Waals surface area (Å²) >= 11 is 0. The minimum Gasteiger partial charge on any atom is -0.394 e. The van der Waals surface area contributed by atoms with Crippen LogP contribution in [0.4, 0.5) is 0 Å². The van der Waals surface area contributed by atoms with Gasteiger partial charge in [-0.15, -0.1) is 0 Å². The number of hydrogen-bond donors (Lipinski definition) is 3. The Morgan fingerprint density at radius 3 is 2.59 bits per heavy atom. The fourth-order valence-corrected chi connectivity index (χ4v) is 2.97. The van der Waals surface area contributed by atoms with Crippen molar-refractivity contribution >= 4 is 0 Å². The van der Waals surface area contributed by atoms with Gasteiger partial charge in [0.2, 0.25) is 0 Å². The molecule has 2 rings (SSSR count). The minimum atomic E-state index is -0.991. The third-order valence-electron chi connectivity index (χ3n) is 4.24. The molecule has 0 saturated heterocycles. The van der Waals surface area contributed by atoms with E-state index in [0.717, 1.165) is 36.7 Å². The summed E-state index contributed by atoms with van der Waals surface area (Å²) < 4.78 is 0.920. The Labute approximate surface area is 127 Å². The molecule has 7 heteroatoms. The molecule has 120 valence electrons. The lowest BCUT2D eigenvalue weighted by Crippen LogP contribution is -2.39. The summed E-state index contributed by atoms with van der Waals surface area (Å²) in [7, 11) is 0. The van der Waals surface area contributed by atoms with Gasteiger partial charge in [0.25, 0.3) is 5.56 Å². The second-order valence-electron chi connectivity index (χ2n) is 5.75. The number of rotatable bonds is 5. The van der Waals surface area contributed by atoms with Gasteiger partial charge in [-0.3, -0.25) is 9.36 Å². The lowest BCUT2D eigenvalue weighted by atomic mass is 9.85. The van der Waals surface area contributed by atoms with Gasteiger partial charge in [-0.2, -0.15) is 5.26 Å². The molecule has 1 atom stereocenters. The Hall–Kier alpha value is -1.91. The molecule has 0 aliphatic heterocycles. The highest BCUT2D eigenvalue weighted by Crippen LogP contribution is 2.31. The molecule has 1 aliphatic rings. The highest BCUT2D eigenvalue weighted by molar-refractivity contribution is 5.33. The van der Waals surface area contributed by atoms with Gasteiger partial charge in [0.15, 0.2) is 0 Å². The van der Waals surface area contributed by atoms with Gasteiger partial charge in [-0.05, 0) is 19.3 Å². The van der Waals surface area contributed by atoms with Gasteiger partial charge < -0.3 is 15.2 Å². The standard InChI is InChI=1S/C15H21N3O4/c16-8-12-13(10-4-2-1-3-5-10)17-15(22)18(14(12)21)7-6-11(20)9-19/h10-11,19-20H,1-7,9H2,(H,17,22)/t11-/m0/s1. The van der Waals surface area contributed by atoms with E-state index in [0.29, 0.717) is 5.69 Å². The van der Waals surface area contributed by atoms with E-state index in [9.17, 15) is 20.0 Å². The average Bonchev–Trinajstić information content (AvgIpc) is 2.54. The number of hydrogen-bond acceptors (Lipinski definition) is 5. The normalized spacial score (nSPS) is 17.1. The van der Waals surface area contributed by atoms with Crippen molar-refractivity contribution in [2.24, 2.45) is 0 Å². The Morgan fingerprint density at radius 1 is 1.32 bits per heavy atom. The highest BCUT2D eigenvalue weighted by atomic mass is 16.3. The summed E-state index contributed by atoms with van der Waals surface area (Å²) in [6.07, 6.45) is 4.03. The van der Waals surface area contributed by atoms with Gasteiger partial charge in [0.05, 0.1) is 12.7 Å². The first-order valence-electron chi connectivity index (χ1n) is 7.64. The van der Waals surface area contributed by atoms with Gasteiger partial charge in [-0.25, -0.2) is 4.79 Å². The molecule has 0 aromatic carbocycles. The summed E-state index contributed by atoms with van der Waals surface area (Å²) in [5, 5.41) is 27.4. The van der Waals surface area contributed by atoms with Crippen molar-refractivity contribution in [2.75, 3.05) is 6.61 Å². The number of H-pyrrole nitrogens is 1. The topological polar surface area (TPSA) is 119 Å². The average molecular weight is 307 g/mol. The van der Waals surface area contributed by atoms with Crippen LogP contribution in [0.25, 0.3) is 0 Å². The van der Waals surface area contributed by atoms with Crippen LogP contribution in [0.15, 0.2) is 9.59 Å². The lowest BCUT2D eigenvalue weighted by molar-refractivity contribution is 0.0840. The molecular weight excluding hydrogens is 286 g/mol.